The Labute approximate surface area is 139 Å². The van der Waals surface area contributed by atoms with Gasteiger partial charge in [0.2, 0.25) is 5.89 Å². The molecule has 3 aromatic rings. The van der Waals surface area contributed by atoms with E-state index in [2.05, 4.69) is 20.1 Å². The van der Waals surface area contributed by atoms with Crippen LogP contribution in [0.5, 0.6) is 0 Å². The fourth-order valence-electron chi connectivity index (χ4n) is 3.17. The summed E-state index contributed by atoms with van der Waals surface area (Å²) >= 11 is 0. The van der Waals surface area contributed by atoms with Crippen LogP contribution in [0.2, 0.25) is 0 Å². The van der Waals surface area contributed by atoms with Crippen molar-refractivity contribution in [1.82, 2.24) is 25.0 Å². The molecule has 0 aliphatic carbocycles. The maximum absolute atomic E-state index is 13.0. The molecule has 0 spiro atoms. The number of nitrogens with one attached hydrogen (secondary N) is 1. The fourth-order valence-corrected chi connectivity index (χ4v) is 3.17. The standard InChI is InChI=1S/C17H19N5O2/c1-10(2)16-20-15(21-24-16)13-6-4-8-22(13)17(23)11-9-19-12-5-3-7-18-14(11)12/h3,5,7,9-10,13,19H,4,6,8H2,1-2H3. The number of nitrogens with zero attached hydrogens (tertiary/aromatic N) is 4. The zero-order chi connectivity index (χ0) is 16.7. The average molecular weight is 325 g/mol. The van der Waals surface area contributed by atoms with Gasteiger partial charge in [0, 0.05) is 24.9 Å². The second-order valence-corrected chi connectivity index (χ2v) is 6.40. The Morgan fingerprint density at radius 2 is 2.33 bits per heavy atom. The van der Waals surface area contributed by atoms with Crippen molar-refractivity contribution in [2.24, 2.45) is 0 Å². The molecule has 0 aromatic carbocycles. The van der Waals surface area contributed by atoms with Crippen molar-refractivity contribution in [3.63, 3.8) is 0 Å². The minimum Gasteiger partial charge on any atom is -0.359 e. The first-order valence-corrected chi connectivity index (χ1v) is 8.21. The lowest BCUT2D eigenvalue weighted by Gasteiger charge is -2.21. The van der Waals surface area contributed by atoms with Gasteiger partial charge in [-0.3, -0.25) is 9.78 Å². The highest BCUT2D eigenvalue weighted by molar-refractivity contribution is 6.05. The van der Waals surface area contributed by atoms with Crippen LogP contribution in [0, 0.1) is 0 Å². The monoisotopic (exact) mass is 325 g/mol. The van der Waals surface area contributed by atoms with Crippen molar-refractivity contribution in [2.45, 2.75) is 38.6 Å². The first-order chi connectivity index (χ1) is 11.6. The van der Waals surface area contributed by atoms with Crippen LogP contribution in [0.25, 0.3) is 11.0 Å². The molecule has 1 fully saturated rings. The molecule has 1 atom stereocenters. The van der Waals surface area contributed by atoms with Crippen LogP contribution in [-0.4, -0.2) is 37.5 Å². The van der Waals surface area contributed by atoms with Crippen LogP contribution in [0.4, 0.5) is 0 Å². The predicted octanol–water partition coefficient (Wildman–Crippen LogP) is 3.05. The number of amides is 1. The number of hydrogen-bond donors (Lipinski definition) is 1. The lowest BCUT2D eigenvalue weighted by molar-refractivity contribution is 0.0730. The molecule has 1 aliphatic rings. The van der Waals surface area contributed by atoms with Gasteiger partial charge in [-0.25, -0.2) is 0 Å². The third kappa shape index (κ3) is 2.36. The van der Waals surface area contributed by atoms with Crippen LogP contribution in [0.1, 0.15) is 60.7 Å². The minimum atomic E-state index is -0.137. The van der Waals surface area contributed by atoms with E-state index in [1.165, 1.54) is 0 Å². The Bertz CT molecular complexity index is 882. The van der Waals surface area contributed by atoms with Gasteiger partial charge in [0.1, 0.15) is 5.52 Å². The number of fused-ring (bicyclic) bond motifs is 1. The van der Waals surface area contributed by atoms with E-state index >= 15 is 0 Å². The minimum absolute atomic E-state index is 0.0432. The van der Waals surface area contributed by atoms with E-state index in [0.717, 1.165) is 18.4 Å². The molecule has 1 N–H and O–H groups in total. The summed E-state index contributed by atoms with van der Waals surface area (Å²) in [6, 6.07) is 3.62. The summed E-state index contributed by atoms with van der Waals surface area (Å²) in [6.45, 7) is 4.70. The van der Waals surface area contributed by atoms with Crippen molar-refractivity contribution in [2.75, 3.05) is 6.54 Å². The van der Waals surface area contributed by atoms with Crippen LogP contribution >= 0.6 is 0 Å². The van der Waals surface area contributed by atoms with E-state index in [0.29, 0.717) is 29.3 Å². The highest BCUT2D eigenvalue weighted by Crippen LogP contribution is 2.33. The van der Waals surface area contributed by atoms with E-state index in [1.54, 1.807) is 12.4 Å². The van der Waals surface area contributed by atoms with Crippen molar-refractivity contribution in [3.8, 4) is 0 Å². The highest BCUT2D eigenvalue weighted by Gasteiger charge is 2.35. The summed E-state index contributed by atoms with van der Waals surface area (Å²) in [5, 5.41) is 4.09. The number of H-pyrrole nitrogens is 1. The Morgan fingerprint density at radius 1 is 1.46 bits per heavy atom. The number of carbonyl (C=O) groups excluding carboxylic acids is 1. The number of pyridine rings is 1. The quantitative estimate of drug-likeness (QED) is 0.799. The molecule has 1 aliphatic heterocycles. The molecule has 7 nitrogen and oxygen atoms in total. The summed E-state index contributed by atoms with van der Waals surface area (Å²) in [6.07, 6.45) is 5.20. The van der Waals surface area contributed by atoms with E-state index in [9.17, 15) is 4.79 Å². The van der Waals surface area contributed by atoms with E-state index in [1.807, 2.05) is 30.9 Å². The molecule has 0 radical (unpaired) electrons. The first kappa shape index (κ1) is 14.9. The van der Waals surface area contributed by atoms with Gasteiger partial charge in [-0.05, 0) is 25.0 Å². The topological polar surface area (TPSA) is 87.9 Å². The molecule has 0 saturated carbocycles. The van der Waals surface area contributed by atoms with Gasteiger partial charge in [0.25, 0.3) is 5.91 Å². The van der Waals surface area contributed by atoms with Gasteiger partial charge in [0.15, 0.2) is 5.82 Å². The summed E-state index contributed by atoms with van der Waals surface area (Å²) in [4.78, 5) is 26.8. The average Bonchev–Trinajstić information content (AvgIpc) is 3.31. The van der Waals surface area contributed by atoms with Gasteiger partial charge >= 0.3 is 0 Å². The number of aromatic amines is 1. The van der Waals surface area contributed by atoms with Crippen molar-refractivity contribution in [1.29, 1.82) is 0 Å². The Hall–Kier alpha value is -2.70. The van der Waals surface area contributed by atoms with E-state index in [4.69, 9.17) is 4.52 Å². The molecule has 4 rings (SSSR count). The second-order valence-electron chi connectivity index (χ2n) is 6.40. The molecule has 1 unspecified atom stereocenters. The number of carbonyl (C=O) groups is 1. The number of likely N-dealkylation sites (tertiary alicyclic amines) is 1. The molecule has 24 heavy (non-hydrogen) atoms. The summed E-state index contributed by atoms with van der Waals surface area (Å²) < 4.78 is 5.31. The lowest BCUT2D eigenvalue weighted by Crippen LogP contribution is -2.31. The number of aromatic nitrogens is 4. The van der Waals surface area contributed by atoms with Crippen molar-refractivity contribution < 1.29 is 9.32 Å². The largest absolute Gasteiger partial charge is 0.359 e. The SMILES string of the molecule is CC(C)c1nc(C2CCCN2C(=O)c2c[nH]c3cccnc23)no1. The maximum Gasteiger partial charge on any atom is 0.258 e. The molecule has 124 valence electrons. The van der Waals surface area contributed by atoms with Gasteiger partial charge in [-0.2, -0.15) is 4.98 Å². The smallest absolute Gasteiger partial charge is 0.258 e. The number of hydrogen-bond acceptors (Lipinski definition) is 5. The molecule has 0 bridgehead atoms. The van der Waals surface area contributed by atoms with Crippen LogP contribution in [0.3, 0.4) is 0 Å². The molecule has 4 heterocycles. The molecular weight excluding hydrogens is 306 g/mol. The molecule has 7 heteroatoms. The third-order valence-electron chi connectivity index (χ3n) is 4.43. The lowest BCUT2D eigenvalue weighted by atomic mass is 10.1. The Morgan fingerprint density at radius 3 is 3.12 bits per heavy atom. The van der Waals surface area contributed by atoms with Crippen molar-refractivity contribution >= 4 is 16.9 Å². The highest BCUT2D eigenvalue weighted by atomic mass is 16.5. The maximum atomic E-state index is 13.0. The summed E-state index contributed by atoms with van der Waals surface area (Å²) in [5.74, 6) is 1.34. The van der Waals surface area contributed by atoms with Gasteiger partial charge in [0.05, 0.1) is 17.1 Å². The summed E-state index contributed by atoms with van der Waals surface area (Å²) in [7, 11) is 0. The molecule has 1 amide bonds. The molecular formula is C17H19N5O2. The van der Waals surface area contributed by atoms with Crippen LogP contribution < -0.4 is 0 Å². The Balaban J connectivity index is 1.65. The molecule has 1 saturated heterocycles. The van der Waals surface area contributed by atoms with E-state index < -0.39 is 0 Å². The normalized spacial score (nSPS) is 18.0. The van der Waals surface area contributed by atoms with Crippen molar-refractivity contribution in [3.05, 3.63) is 41.8 Å². The Kier molecular flexibility index (Phi) is 3.55. The predicted molar refractivity (Wildman–Crippen MR) is 87.5 cm³/mol. The molecule has 3 aromatic heterocycles. The third-order valence-corrected chi connectivity index (χ3v) is 4.43. The van der Waals surface area contributed by atoms with Gasteiger partial charge in [-0.15, -0.1) is 0 Å². The van der Waals surface area contributed by atoms with Gasteiger partial charge in [-0.1, -0.05) is 19.0 Å². The summed E-state index contributed by atoms with van der Waals surface area (Å²) in [5.41, 5.74) is 2.15. The second kappa shape index (κ2) is 5.74. The van der Waals surface area contributed by atoms with Crippen LogP contribution in [0.15, 0.2) is 29.0 Å². The fraction of sp³-hybridized carbons (Fsp3) is 0.412. The van der Waals surface area contributed by atoms with Crippen LogP contribution in [-0.2, 0) is 0 Å². The zero-order valence-corrected chi connectivity index (χ0v) is 13.7. The van der Waals surface area contributed by atoms with E-state index in [-0.39, 0.29) is 17.9 Å². The number of rotatable bonds is 3. The first-order valence-electron chi connectivity index (χ1n) is 8.21. The zero-order valence-electron chi connectivity index (χ0n) is 13.7. The van der Waals surface area contributed by atoms with Gasteiger partial charge < -0.3 is 14.4 Å².